The smallest absolute Gasteiger partial charge is 0.387 e. The number of phosphoric ester groups is 1. The van der Waals surface area contributed by atoms with E-state index in [1.165, 1.54) is 25.7 Å². The van der Waals surface area contributed by atoms with Crippen LogP contribution in [-0.4, -0.2) is 73.4 Å². The molecule has 0 aromatic rings. The first kappa shape index (κ1) is 40.7. The Bertz CT molecular complexity index is 794. The second-order valence-electron chi connectivity index (χ2n) is 12.2. The van der Waals surface area contributed by atoms with E-state index < -0.39 is 20.0 Å². The molecule has 246 valence electrons. The lowest BCUT2D eigenvalue weighted by molar-refractivity contribution is -0.870. The average Bonchev–Trinajstić information content (AvgIpc) is 2.92. The highest BCUT2D eigenvalue weighted by molar-refractivity contribution is 7.47. The quantitative estimate of drug-likeness (QED) is 0.0362. The van der Waals surface area contributed by atoms with Gasteiger partial charge in [0.05, 0.1) is 39.9 Å². The van der Waals surface area contributed by atoms with Crippen molar-refractivity contribution in [2.45, 2.75) is 129 Å². The van der Waals surface area contributed by atoms with Crippen LogP contribution in [0.25, 0.3) is 0 Å². The Morgan fingerprint density at radius 3 is 2.02 bits per heavy atom. The van der Waals surface area contributed by atoms with Gasteiger partial charge in [-0.1, -0.05) is 102 Å². The number of carbonyl (C=O) groups is 1. The number of aliphatic hydroxyl groups excluding tert-OH is 1. The molecule has 3 unspecified atom stereocenters. The van der Waals surface area contributed by atoms with Crippen molar-refractivity contribution in [3.8, 4) is 0 Å². The molecule has 42 heavy (non-hydrogen) atoms. The Morgan fingerprint density at radius 1 is 0.810 bits per heavy atom. The van der Waals surface area contributed by atoms with Crippen molar-refractivity contribution in [1.82, 2.24) is 5.32 Å². The summed E-state index contributed by atoms with van der Waals surface area (Å²) in [5.74, 6) is -0.201. The third kappa shape index (κ3) is 27.5. The summed E-state index contributed by atoms with van der Waals surface area (Å²) >= 11 is 0. The minimum atomic E-state index is -4.32. The molecule has 0 radical (unpaired) electrons. The van der Waals surface area contributed by atoms with Gasteiger partial charge in [-0.3, -0.25) is 13.8 Å². The van der Waals surface area contributed by atoms with E-state index in [0.717, 1.165) is 70.6 Å². The molecule has 0 heterocycles. The van der Waals surface area contributed by atoms with Gasteiger partial charge in [0.25, 0.3) is 0 Å². The Kier molecular flexibility index (Phi) is 25.4. The minimum absolute atomic E-state index is 0.0568. The Labute approximate surface area is 257 Å². The average molecular weight is 616 g/mol. The van der Waals surface area contributed by atoms with E-state index in [0.29, 0.717) is 17.4 Å². The van der Waals surface area contributed by atoms with E-state index >= 15 is 0 Å². The summed E-state index contributed by atoms with van der Waals surface area (Å²) < 4.78 is 23.2. The highest BCUT2D eigenvalue weighted by Gasteiger charge is 2.27. The molecular weight excluding hydrogens is 551 g/mol. The van der Waals surface area contributed by atoms with Crippen LogP contribution in [-0.2, 0) is 18.4 Å². The third-order valence-corrected chi connectivity index (χ3v) is 7.84. The largest absolute Gasteiger partial charge is 0.472 e. The normalized spacial score (nSPS) is 15.5. The van der Waals surface area contributed by atoms with Crippen LogP contribution >= 0.6 is 7.82 Å². The summed E-state index contributed by atoms with van der Waals surface area (Å²) in [6.45, 7) is 4.63. The molecule has 0 aliphatic rings. The molecule has 0 fully saturated rings. The summed E-state index contributed by atoms with van der Waals surface area (Å²) in [6.07, 6.45) is 28.0. The van der Waals surface area contributed by atoms with Gasteiger partial charge in [-0.2, -0.15) is 0 Å². The van der Waals surface area contributed by atoms with E-state index in [4.69, 9.17) is 9.05 Å². The van der Waals surface area contributed by atoms with Crippen LogP contribution in [0.15, 0.2) is 36.5 Å². The maximum absolute atomic E-state index is 12.7. The topological polar surface area (TPSA) is 105 Å². The number of phosphoric acid groups is 1. The number of likely N-dealkylation sites (N-methyl/N-ethyl adjacent to an activating group) is 1. The fourth-order valence-corrected chi connectivity index (χ4v) is 4.85. The predicted molar refractivity (Wildman–Crippen MR) is 175 cm³/mol. The molecule has 0 rings (SSSR count). The molecule has 3 N–H and O–H groups in total. The molecule has 0 aromatic heterocycles. The predicted octanol–water partition coefficient (Wildman–Crippen LogP) is 7.62. The van der Waals surface area contributed by atoms with Gasteiger partial charge in [-0.25, -0.2) is 4.57 Å². The second-order valence-corrected chi connectivity index (χ2v) is 13.6. The number of rotatable bonds is 28. The summed E-state index contributed by atoms with van der Waals surface area (Å²) in [7, 11) is 1.55. The molecule has 0 aromatic carbocycles. The third-order valence-electron chi connectivity index (χ3n) is 6.85. The highest BCUT2D eigenvalue weighted by atomic mass is 31.2. The van der Waals surface area contributed by atoms with Crippen molar-refractivity contribution < 1.29 is 32.9 Å². The number of nitrogens with zero attached hydrogens (tertiary/aromatic N) is 1. The Hall–Kier alpha value is -1.28. The van der Waals surface area contributed by atoms with Crippen molar-refractivity contribution in [2.75, 3.05) is 40.9 Å². The van der Waals surface area contributed by atoms with Crippen LogP contribution in [0.3, 0.4) is 0 Å². The standard InChI is InChI=1S/C33H63N2O6P/c1-6-8-10-12-14-15-16-17-18-19-20-21-23-25-27-33(37)34-31(32(36)26-24-22-13-11-9-7-2)30-41-42(38,39)40-29-28-35(3,4)5/h12,14,16-17,24,26,31-32,36H,6-11,13,15,18-23,25,27-30H2,1-5H3,(H-,34,37,38,39)/p+1/b14-12-,17-16-,26-24+. The first-order chi connectivity index (χ1) is 20.0. The number of hydrogen-bond acceptors (Lipinski definition) is 5. The summed E-state index contributed by atoms with van der Waals surface area (Å²) in [5, 5.41) is 13.5. The van der Waals surface area contributed by atoms with Gasteiger partial charge in [0.2, 0.25) is 5.91 Å². The number of hydrogen-bond donors (Lipinski definition) is 3. The molecule has 0 aliphatic heterocycles. The zero-order valence-corrected chi connectivity index (χ0v) is 28.4. The molecule has 3 atom stereocenters. The lowest BCUT2D eigenvalue weighted by Crippen LogP contribution is -2.45. The number of aliphatic hydroxyl groups is 1. The number of carbonyl (C=O) groups excluding carboxylic acids is 1. The van der Waals surface area contributed by atoms with Gasteiger partial charge in [-0.05, 0) is 44.9 Å². The fraction of sp³-hybridized carbons (Fsp3) is 0.788. The maximum Gasteiger partial charge on any atom is 0.472 e. The number of nitrogens with one attached hydrogen (secondary N) is 1. The van der Waals surface area contributed by atoms with Crippen molar-refractivity contribution in [2.24, 2.45) is 0 Å². The minimum Gasteiger partial charge on any atom is -0.387 e. The van der Waals surface area contributed by atoms with Crippen molar-refractivity contribution >= 4 is 13.7 Å². The molecule has 0 bridgehead atoms. The van der Waals surface area contributed by atoms with E-state index in [9.17, 15) is 19.4 Å². The highest BCUT2D eigenvalue weighted by Crippen LogP contribution is 2.43. The van der Waals surface area contributed by atoms with Crippen molar-refractivity contribution in [1.29, 1.82) is 0 Å². The second kappa shape index (κ2) is 26.2. The first-order valence-corrected chi connectivity index (χ1v) is 17.9. The van der Waals surface area contributed by atoms with E-state index in [2.05, 4.69) is 43.5 Å². The molecular formula is C33H64N2O6P+. The van der Waals surface area contributed by atoms with Crippen molar-refractivity contribution in [3.05, 3.63) is 36.5 Å². The maximum atomic E-state index is 12.7. The van der Waals surface area contributed by atoms with Gasteiger partial charge < -0.3 is 19.8 Å². The van der Waals surface area contributed by atoms with Crippen molar-refractivity contribution in [3.63, 3.8) is 0 Å². The Morgan fingerprint density at radius 2 is 1.38 bits per heavy atom. The number of quaternary nitrogens is 1. The van der Waals surface area contributed by atoms with E-state index in [1.807, 2.05) is 27.2 Å². The molecule has 0 saturated carbocycles. The van der Waals surface area contributed by atoms with E-state index in [-0.39, 0.29) is 19.1 Å². The lowest BCUT2D eigenvalue weighted by Gasteiger charge is -2.25. The van der Waals surface area contributed by atoms with Crippen LogP contribution in [0.5, 0.6) is 0 Å². The molecule has 8 nitrogen and oxygen atoms in total. The number of allylic oxidation sites excluding steroid dienone is 5. The van der Waals surface area contributed by atoms with Gasteiger partial charge >= 0.3 is 7.82 Å². The molecule has 9 heteroatoms. The number of amides is 1. The van der Waals surface area contributed by atoms with Gasteiger partial charge in [-0.15, -0.1) is 0 Å². The van der Waals surface area contributed by atoms with Gasteiger partial charge in [0.1, 0.15) is 13.2 Å². The van der Waals surface area contributed by atoms with Gasteiger partial charge in [0, 0.05) is 6.42 Å². The van der Waals surface area contributed by atoms with Crippen LogP contribution < -0.4 is 5.32 Å². The fourth-order valence-electron chi connectivity index (χ4n) is 4.11. The zero-order valence-electron chi connectivity index (χ0n) is 27.5. The lowest BCUT2D eigenvalue weighted by atomic mass is 10.1. The number of unbranched alkanes of at least 4 members (excludes halogenated alkanes) is 11. The molecule has 0 spiro atoms. The summed E-state index contributed by atoms with van der Waals surface area (Å²) in [5.41, 5.74) is 0. The van der Waals surface area contributed by atoms with Crippen LogP contribution in [0.4, 0.5) is 0 Å². The summed E-state index contributed by atoms with van der Waals surface area (Å²) in [4.78, 5) is 22.8. The first-order valence-electron chi connectivity index (χ1n) is 16.4. The Balaban J connectivity index is 4.53. The molecule has 1 amide bonds. The van der Waals surface area contributed by atoms with Crippen LogP contribution in [0, 0.1) is 0 Å². The van der Waals surface area contributed by atoms with Crippen LogP contribution in [0.2, 0.25) is 0 Å². The molecule has 0 saturated heterocycles. The monoisotopic (exact) mass is 615 g/mol. The SMILES string of the molecule is CCCC/C=C\C/C=C\CCCCCCCC(=O)NC(COP(=O)(O)OCC[N+](C)(C)C)C(O)/C=C/CCCCCC. The molecule has 0 aliphatic carbocycles. The van der Waals surface area contributed by atoms with E-state index in [1.54, 1.807) is 6.08 Å². The summed E-state index contributed by atoms with van der Waals surface area (Å²) in [6, 6.07) is -0.847. The van der Waals surface area contributed by atoms with Crippen LogP contribution in [0.1, 0.15) is 117 Å². The van der Waals surface area contributed by atoms with Gasteiger partial charge in [0.15, 0.2) is 0 Å². The zero-order chi connectivity index (χ0) is 31.5.